The zero-order valence-electron chi connectivity index (χ0n) is 9.90. The van der Waals surface area contributed by atoms with Gasteiger partial charge in [-0.15, -0.1) is 11.8 Å². The molecule has 0 aliphatic heterocycles. The summed E-state index contributed by atoms with van der Waals surface area (Å²) in [6.07, 6.45) is 4.83. The van der Waals surface area contributed by atoms with Crippen LogP contribution in [0.1, 0.15) is 29.6 Å². The lowest BCUT2D eigenvalue weighted by Gasteiger charge is -2.40. The predicted octanol–water partition coefficient (Wildman–Crippen LogP) is 2.05. The highest BCUT2D eigenvalue weighted by Crippen LogP contribution is 2.31. The number of thioether (sulfide) groups is 1. The molecule has 1 aromatic carbocycles. The molecule has 0 unspecified atom stereocenters. The Bertz CT molecular complexity index is 393. The van der Waals surface area contributed by atoms with Crippen molar-refractivity contribution in [2.75, 3.05) is 12.9 Å². The highest BCUT2D eigenvalue weighted by molar-refractivity contribution is 7.98. The summed E-state index contributed by atoms with van der Waals surface area (Å²) >= 11 is 1.65. The number of benzene rings is 1. The second-order valence-corrected chi connectivity index (χ2v) is 5.35. The van der Waals surface area contributed by atoms with E-state index in [-0.39, 0.29) is 18.1 Å². The van der Waals surface area contributed by atoms with Gasteiger partial charge in [0.2, 0.25) is 0 Å². The van der Waals surface area contributed by atoms with Crippen LogP contribution < -0.4 is 5.32 Å². The highest BCUT2D eigenvalue weighted by atomic mass is 32.2. The summed E-state index contributed by atoms with van der Waals surface area (Å²) in [5.74, 6) is -0.0913. The molecule has 3 nitrogen and oxygen atoms in total. The van der Waals surface area contributed by atoms with E-state index in [9.17, 15) is 9.90 Å². The highest BCUT2D eigenvalue weighted by Gasteiger charge is 2.37. The minimum atomic E-state index is -0.366. The number of carbonyl (C=O) groups excluding carboxylic acids is 1. The molecule has 17 heavy (non-hydrogen) atoms. The van der Waals surface area contributed by atoms with Crippen LogP contribution in [0, 0.1) is 0 Å². The van der Waals surface area contributed by atoms with Gasteiger partial charge in [-0.3, -0.25) is 4.79 Å². The summed E-state index contributed by atoms with van der Waals surface area (Å²) in [7, 11) is 0. The normalized spacial score (nSPS) is 17.3. The molecule has 0 spiro atoms. The van der Waals surface area contributed by atoms with Crippen molar-refractivity contribution < 1.29 is 9.90 Å². The van der Waals surface area contributed by atoms with Crippen LogP contribution in [-0.2, 0) is 0 Å². The summed E-state index contributed by atoms with van der Waals surface area (Å²) in [6.45, 7) is 0.0294. The fourth-order valence-corrected chi connectivity index (χ4v) is 2.39. The minimum absolute atomic E-state index is 0.0294. The number of rotatable bonds is 4. The first kappa shape index (κ1) is 12.5. The van der Waals surface area contributed by atoms with Gasteiger partial charge in [-0.1, -0.05) is 0 Å². The van der Waals surface area contributed by atoms with Crippen LogP contribution in [0.15, 0.2) is 29.2 Å². The third-order valence-electron chi connectivity index (χ3n) is 3.34. The third-order valence-corrected chi connectivity index (χ3v) is 4.09. The molecular formula is C13H17NO2S. The molecule has 1 fully saturated rings. The molecule has 0 radical (unpaired) electrons. The van der Waals surface area contributed by atoms with Gasteiger partial charge in [-0.05, 0) is 49.8 Å². The van der Waals surface area contributed by atoms with Gasteiger partial charge in [0.25, 0.3) is 5.91 Å². The average molecular weight is 251 g/mol. The summed E-state index contributed by atoms with van der Waals surface area (Å²) in [5.41, 5.74) is 0.289. The lowest BCUT2D eigenvalue weighted by molar-refractivity contribution is 0.0641. The van der Waals surface area contributed by atoms with E-state index in [1.54, 1.807) is 11.8 Å². The van der Waals surface area contributed by atoms with Crippen LogP contribution >= 0.6 is 11.8 Å². The van der Waals surface area contributed by atoms with Crippen LogP contribution in [0.3, 0.4) is 0 Å². The van der Waals surface area contributed by atoms with Crippen LogP contribution in [-0.4, -0.2) is 29.4 Å². The van der Waals surface area contributed by atoms with Crippen molar-refractivity contribution >= 4 is 17.7 Å². The second-order valence-electron chi connectivity index (χ2n) is 4.47. The maximum atomic E-state index is 12.0. The molecule has 0 aromatic heterocycles. The fourth-order valence-electron chi connectivity index (χ4n) is 1.98. The van der Waals surface area contributed by atoms with Crippen molar-refractivity contribution in [1.29, 1.82) is 0 Å². The molecule has 1 amide bonds. The predicted molar refractivity (Wildman–Crippen MR) is 69.4 cm³/mol. The molecule has 0 heterocycles. The summed E-state index contributed by atoms with van der Waals surface area (Å²) in [6, 6.07) is 7.52. The number of carbonyl (C=O) groups is 1. The Morgan fingerprint density at radius 1 is 1.41 bits per heavy atom. The van der Waals surface area contributed by atoms with Crippen LogP contribution in [0.5, 0.6) is 0 Å². The van der Waals surface area contributed by atoms with Crippen LogP contribution in [0.2, 0.25) is 0 Å². The van der Waals surface area contributed by atoms with Crippen molar-refractivity contribution in [3.05, 3.63) is 29.8 Å². The molecule has 2 N–H and O–H groups in total. The first-order valence-corrected chi connectivity index (χ1v) is 6.99. The third kappa shape index (κ3) is 2.64. The van der Waals surface area contributed by atoms with E-state index >= 15 is 0 Å². The van der Waals surface area contributed by atoms with Gasteiger partial charge in [0.15, 0.2) is 0 Å². The van der Waals surface area contributed by atoms with Gasteiger partial charge in [-0.25, -0.2) is 0 Å². The number of amides is 1. The minimum Gasteiger partial charge on any atom is -0.394 e. The van der Waals surface area contributed by atoms with Crippen molar-refractivity contribution in [3.63, 3.8) is 0 Å². The van der Waals surface area contributed by atoms with Gasteiger partial charge < -0.3 is 10.4 Å². The Labute approximate surface area is 106 Å². The number of aliphatic hydroxyl groups excluding tert-OH is 1. The van der Waals surface area contributed by atoms with E-state index in [0.29, 0.717) is 5.56 Å². The molecular weight excluding hydrogens is 234 g/mol. The molecule has 4 heteroatoms. The summed E-state index contributed by atoms with van der Waals surface area (Å²) in [4.78, 5) is 13.1. The van der Waals surface area contributed by atoms with E-state index in [1.807, 2.05) is 30.5 Å². The van der Waals surface area contributed by atoms with E-state index < -0.39 is 0 Å². The zero-order valence-corrected chi connectivity index (χ0v) is 10.7. The Hall–Kier alpha value is -1.00. The van der Waals surface area contributed by atoms with Crippen LogP contribution in [0.25, 0.3) is 0 Å². The molecule has 0 atom stereocenters. The maximum Gasteiger partial charge on any atom is 0.251 e. The Morgan fingerprint density at radius 3 is 2.47 bits per heavy atom. The maximum absolute atomic E-state index is 12.0. The number of hydrogen-bond acceptors (Lipinski definition) is 3. The molecule has 0 saturated heterocycles. The van der Waals surface area contributed by atoms with Crippen molar-refractivity contribution in [2.24, 2.45) is 0 Å². The van der Waals surface area contributed by atoms with E-state index in [0.717, 1.165) is 24.2 Å². The molecule has 2 rings (SSSR count). The van der Waals surface area contributed by atoms with E-state index in [1.165, 1.54) is 0 Å². The van der Waals surface area contributed by atoms with E-state index in [2.05, 4.69) is 5.32 Å². The number of aliphatic hydroxyl groups is 1. The summed E-state index contributed by atoms with van der Waals surface area (Å²) in [5, 5.41) is 12.2. The second kappa shape index (κ2) is 5.10. The van der Waals surface area contributed by atoms with Gasteiger partial charge in [-0.2, -0.15) is 0 Å². The molecule has 92 valence electrons. The van der Waals surface area contributed by atoms with Crippen molar-refractivity contribution in [3.8, 4) is 0 Å². The first-order chi connectivity index (χ1) is 8.19. The SMILES string of the molecule is CSc1ccc(C(=O)NC2(CO)CCC2)cc1. The number of nitrogens with one attached hydrogen (secondary N) is 1. The van der Waals surface area contributed by atoms with Gasteiger partial charge in [0.1, 0.15) is 0 Å². The van der Waals surface area contributed by atoms with Crippen LogP contribution in [0.4, 0.5) is 0 Å². The zero-order chi connectivity index (χ0) is 12.3. The van der Waals surface area contributed by atoms with E-state index in [4.69, 9.17) is 0 Å². The molecule has 1 aliphatic rings. The molecule has 1 aliphatic carbocycles. The van der Waals surface area contributed by atoms with Gasteiger partial charge in [0, 0.05) is 10.5 Å². The summed E-state index contributed by atoms with van der Waals surface area (Å²) < 4.78 is 0. The van der Waals surface area contributed by atoms with Crippen molar-refractivity contribution in [1.82, 2.24) is 5.32 Å². The van der Waals surface area contributed by atoms with Crippen molar-refractivity contribution in [2.45, 2.75) is 29.7 Å². The Kier molecular flexibility index (Phi) is 3.74. The van der Waals surface area contributed by atoms with Gasteiger partial charge >= 0.3 is 0 Å². The smallest absolute Gasteiger partial charge is 0.251 e. The lowest BCUT2D eigenvalue weighted by atomic mass is 9.77. The van der Waals surface area contributed by atoms with Gasteiger partial charge in [0.05, 0.1) is 12.1 Å². The fraction of sp³-hybridized carbons (Fsp3) is 0.462. The molecule has 1 aromatic rings. The lowest BCUT2D eigenvalue weighted by Crippen LogP contribution is -2.56. The standard InChI is InChI=1S/C13H17NO2S/c1-17-11-5-3-10(4-6-11)12(16)14-13(9-15)7-2-8-13/h3-6,15H,2,7-9H2,1H3,(H,14,16). The average Bonchev–Trinajstić information content (AvgIpc) is 2.33. The first-order valence-electron chi connectivity index (χ1n) is 5.76. The quantitative estimate of drug-likeness (QED) is 0.805. The largest absolute Gasteiger partial charge is 0.394 e. The topological polar surface area (TPSA) is 49.3 Å². The Balaban J connectivity index is 2.03. The monoisotopic (exact) mass is 251 g/mol. The molecule has 1 saturated carbocycles. The molecule has 0 bridgehead atoms. The Morgan fingerprint density at radius 2 is 2.06 bits per heavy atom. The number of hydrogen-bond donors (Lipinski definition) is 2.